The highest BCUT2D eigenvalue weighted by Crippen LogP contribution is 2.25. The maximum atomic E-state index is 12.5. The summed E-state index contributed by atoms with van der Waals surface area (Å²) in [6, 6.07) is 9.47. The molecule has 0 radical (unpaired) electrons. The predicted molar refractivity (Wildman–Crippen MR) is 79.9 cm³/mol. The van der Waals surface area contributed by atoms with Gasteiger partial charge in [-0.15, -0.1) is 11.3 Å². The van der Waals surface area contributed by atoms with E-state index < -0.39 is 0 Å². The largest absolute Gasteiger partial charge is 0.360 e. The van der Waals surface area contributed by atoms with E-state index in [1.54, 1.807) is 11.5 Å². The molecule has 0 fully saturated rings. The fraction of sp³-hybridized carbons (Fsp3) is 0.133. The number of benzene rings is 1. The summed E-state index contributed by atoms with van der Waals surface area (Å²) >= 11 is 1.41. The fourth-order valence-corrected chi connectivity index (χ4v) is 2.72. The van der Waals surface area contributed by atoms with Gasteiger partial charge >= 0.3 is 0 Å². The van der Waals surface area contributed by atoms with Crippen molar-refractivity contribution in [1.82, 2.24) is 9.72 Å². The summed E-state index contributed by atoms with van der Waals surface area (Å²) < 4.78 is 6.99. The van der Waals surface area contributed by atoms with E-state index in [0.29, 0.717) is 21.8 Å². The first kappa shape index (κ1) is 13.5. The van der Waals surface area contributed by atoms with Crippen molar-refractivity contribution in [3.63, 3.8) is 0 Å². The Hall–Kier alpha value is -2.47. The molecule has 2 heterocycles. The molecule has 5 nitrogen and oxygen atoms in total. The van der Waals surface area contributed by atoms with E-state index in [1.807, 2.05) is 49.0 Å². The van der Waals surface area contributed by atoms with E-state index >= 15 is 0 Å². The number of carbonyl (C=O) groups excluding carboxylic acids is 1. The van der Waals surface area contributed by atoms with Gasteiger partial charge in [0.2, 0.25) is 0 Å². The van der Waals surface area contributed by atoms with Crippen LogP contribution in [0.15, 0.2) is 51.4 Å². The number of aryl methyl sites for hydroxylation is 2. The Bertz CT molecular complexity index is 843. The van der Waals surface area contributed by atoms with Crippen LogP contribution in [0.25, 0.3) is 11.3 Å². The molecule has 0 atom stereocenters. The van der Waals surface area contributed by atoms with Crippen LogP contribution in [0.1, 0.15) is 16.1 Å². The Morgan fingerprint density at radius 2 is 2.10 bits per heavy atom. The molecule has 0 spiro atoms. The average molecular weight is 299 g/mol. The lowest BCUT2D eigenvalue weighted by Gasteiger charge is -1.98. The number of aromatic nitrogens is 2. The van der Waals surface area contributed by atoms with E-state index in [-0.39, 0.29) is 5.91 Å². The number of thiazole rings is 1. The molecule has 1 aromatic carbocycles. The van der Waals surface area contributed by atoms with E-state index in [4.69, 9.17) is 4.52 Å². The highest BCUT2D eigenvalue weighted by molar-refractivity contribution is 7.07. The fourth-order valence-electron chi connectivity index (χ4n) is 1.99. The van der Waals surface area contributed by atoms with Gasteiger partial charge in [0.1, 0.15) is 17.0 Å². The van der Waals surface area contributed by atoms with Gasteiger partial charge in [0.15, 0.2) is 4.80 Å². The lowest BCUT2D eigenvalue weighted by molar-refractivity contribution is 0.0997. The zero-order valence-electron chi connectivity index (χ0n) is 11.6. The molecule has 21 heavy (non-hydrogen) atoms. The first-order valence-electron chi connectivity index (χ1n) is 6.37. The molecule has 0 unspecified atom stereocenters. The summed E-state index contributed by atoms with van der Waals surface area (Å²) in [5, 5.41) is 5.88. The zero-order valence-corrected chi connectivity index (χ0v) is 12.4. The first-order valence-corrected chi connectivity index (χ1v) is 7.25. The third-order valence-corrected chi connectivity index (χ3v) is 3.93. The van der Waals surface area contributed by atoms with Crippen molar-refractivity contribution < 1.29 is 9.32 Å². The molecule has 3 aromatic rings. The Balaban J connectivity index is 2.10. The molecule has 0 aliphatic carbocycles. The van der Waals surface area contributed by atoms with Crippen molar-refractivity contribution in [2.75, 3.05) is 0 Å². The molecule has 0 aliphatic heterocycles. The summed E-state index contributed by atoms with van der Waals surface area (Å²) in [4.78, 5) is 17.3. The minimum Gasteiger partial charge on any atom is -0.360 e. The number of nitrogens with zero attached hydrogens (tertiary/aromatic N) is 3. The Morgan fingerprint density at radius 1 is 1.33 bits per heavy atom. The maximum absolute atomic E-state index is 12.5. The molecule has 0 N–H and O–H groups in total. The van der Waals surface area contributed by atoms with Crippen molar-refractivity contribution in [2.24, 2.45) is 12.0 Å². The van der Waals surface area contributed by atoms with Crippen LogP contribution in [0.2, 0.25) is 0 Å². The highest BCUT2D eigenvalue weighted by atomic mass is 32.1. The summed E-state index contributed by atoms with van der Waals surface area (Å²) in [6.07, 6.45) is 1.86. The van der Waals surface area contributed by atoms with Crippen LogP contribution in [0.3, 0.4) is 0 Å². The normalized spacial score (nSPS) is 11.8. The summed E-state index contributed by atoms with van der Waals surface area (Å²) in [7, 11) is 1.85. The van der Waals surface area contributed by atoms with Crippen LogP contribution in [0, 0.1) is 6.92 Å². The quantitative estimate of drug-likeness (QED) is 0.731. The van der Waals surface area contributed by atoms with Crippen LogP contribution in [0.4, 0.5) is 0 Å². The van der Waals surface area contributed by atoms with Gasteiger partial charge in [-0.05, 0) is 6.92 Å². The van der Waals surface area contributed by atoms with Gasteiger partial charge in [0.05, 0.1) is 0 Å². The third kappa shape index (κ3) is 2.57. The van der Waals surface area contributed by atoms with Crippen molar-refractivity contribution >= 4 is 17.2 Å². The number of hydrogen-bond acceptors (Lipinski definition) is 4. The SMILES string of the molecule is Cc1onc(-c2ccccc2)c1C(=O)N=c1sccn1C. The Kier molecular flexibility index (Phi) is 3.53. The van der Waals surface area contributed by atoms with Gasteiger partial charge in [0.25, 0.3) is 5.91 Å². The standard InChI is InChI=1S/C15H13N3O2S/c1-10-12(14(19)16-15-18(2)8-9-21-15)13(17-20-10)11-6-4-3-5-7-11/h3-9H,1-2H3. The molecule has 106 valence electrons. The minimum absolute atomic E-state index is 0.342. The smallest absolute Gasteiger partial charge is 0.285 e. The number of carbonyl (C=O) groups is 1. The molecule has 3 rings (SSSR count). The molecule has 0 saturated carbocycles. The van der Waals surface area contributed by atoms with E-state index in [1.165, 1.54) is 11.3 Å². The summed E-state index contributed by atoms with van der Waals surface area (Å²) in [5.41, 5.74) is 1.78. The first-order chi connectivity index (χ1) is 10.2. The summed E-state index contributed by atoms with van der Waals surface area (Å²) in [6.45, 7) is 1.72. The van der Waals surface area contributed by atoms with Crippen molar-refractivity contribution in [3.05, 3.63) is 58.0 Å². The van der Waals surface area contributed by atoms with Gasteiger partial charge in [-0.1, -0.05) is 35.5 Å². The molecule has 1 amide bonds. The molecule has 0 saturated heterocycles. The Labute approximate surface area is 125 Å². The topological polar surface area (TPSA) is 60.4 Å². The van der Waals surface area contributed by atoms with Crippen LogP contribution < -0.4 is 4.80 Å². The van der Waals surface area contributed by atoms with Crippen molar-refractivity contribution in [1.29, 1.82) is 0 Å². The van der Waals surface area contributed by atoms with Gasteiger partial charge in [-0.2, -0.15) is 4.99 Å². The Morgan fingerprint density at radius 3 is 2.76 bits per heavy atom. The second-order valence-electron chi connectivity index (χ2n) is 4.54. The second-order valence-corrected chi connectivity index (χ2v) is 5.41. The van der Waals surface area contributed by atoms with Crippen LogP contribution in [-0.4, -0.2) is 15.6 Å². The zero-order chi connectivity index (χ0) is 14.8. The molecule has 0 aliphatic rings. The number of rotatable bonds is 2. The van der Waals surface area contributed by atoms with Crippen molar-refractivity contribution in [2.45, 2.75) is 6.92 Å². The van der Waals surface area contributed by atoms with Crippen molar-refractivity contribution in [3.8, 4) is 11.3 Å². The molecule has 0 bridgehead atoms. The highest BCUT2D eigenvalue weighted by Gasteiger charge is 2.21. The van der Waals surface area contributed by atoms with Crippen LogP contribution in [0.5, 0.6) is 0 Å². The van der Waals surface area contributed by atoms with Gasteiger partial charge in [0, 0.05) is 24.2 Å². The van der Waals surface area contributed by atoms with Gasteiger partial charge < -0.3 is 9.09 Å². The molecule has 6 heteroatoms. The van der Waals surface area contributed by atoms with Crippen LogP contribution >= 0.6 is 11.3 Å². The van der Waals surface area contributed by atoms with Gasteiger partial charge in [-0.25, -0.2) is 0 Å². The van der Waals surface area contributed by atoms with E-state index in [2.05, 4.69) is 10.1 Å². The lowest BCUT2D eigenvalue weighted by atomic mass is 10.1. The summed E-state index contributed by atoms with van der Waals surface area (Å²) in [5.74, 6) is 0.132. The second kappa shape index (κ2) is 5.49. The van der Waals surface area contributed by atoms with E-state index in [0.717, 1.165) is 5.56 Å². The molecular weight excluding hydrogens is 286 g/mol. The average Bonchev–Trinajstić information content (AvgIpc) is 3.06. The molecular formula is C15H13N3O2S. The number of hydrogen-bond donors (Lipinski definition) is 0. The lowest BCUT2D eigenvalue weighted by Crippen LogP contribution is -2.13. The van der Waals surface area contributed by atoms with Crippen LogP contribution in [-0.2, 0) is 7.05 Å². The number of amides is 1. The predicted octanol–water partition coefficient (Wildman–Crippen LogP) is 2.79. The minimum atomic E-state index is -0.342. The molecule has 2 aromatic heterocycles. The van der Waals surface area contributed by atoms with E-state index in [9.17, 15) is 4.79 Å². The van der Waals surface area contributed by atoms with Gasteiger partial charge in [-0.3, -0.25) is 4.79 Å². The monoisotopic (exact) mass is 299 g/mol. The maximum Gasteiger partial charge on any atom is 0.285 e. The third-order valence-electron chi connectivity index (χ3n) is 3.08.